The number of nitrogens with zero attached hydrogens (tertiary/aromatic N) is 3. The van der Waals surface area contributed by atoms with Crippen LogP contribution in [0.4, 0.5) is 0 Å². The molecule has 1 fully saturated rings. The van der Waals surface area contributed by atoms with E-state index in [4.69, 9.17) is 5.73 Å². The van der Waals surface area contributed by atoms with Gasteiger partial charge in [-0.3, -0.25) is 14.0 Å². The minimum absolute atomic E-state index is 0.0681. The molecule has 3 aromatic rings. The smallest absolute Gasteiger partial charge is 0.270 e. The second-order valence-corrected chi connectivity index (χ2v) is 6.80. The molecule has 2 aromatic heterocycles. The normalized spacial score (nSPS) is 19.8. The Morgan fingerprint density at radius 3 is 2.69 bits per heavy atom. The molecule has 2 atom stereocenters. The molecule has 1 saturated heterocycles. The van der Waals surface area contributed by atoms with Gasteiger partial charge in [0.1, 0.15) is 11.2 Å². The molecule has 6 heteroatoms. The van der Waals surface area contributed by atoms with Crippen molar-refractivity contribution in [3.05, 3.63) is 81.9 Å². The average Bonchev–Trinajstić information content (AvgIpc) is 3.04. The fourth-order valence-electron chi connectivity index (χ4n) is 3.55. The van der Waals surface area contributed by atoms with Crippen LogP contribution in [0, 0.1) is 6.92 Å². The van der Waals surface area contributed by atoms with Crippen molar-refractivity contribution in [1.82, 2.24) is 14.3 Å². The van der Waals surface area contributed by atoms with Gasteiger partial charge < -0.3 is 10.6 Å². The van der Waals surface area contributed by atoms with Crippen LogP contribution in [0.5, 0.6) is 0 Å². The van der Waals surface area contributed by atoms with Gasteiger partial charge in [0.25, 0.3) is 11.5 Å². The number of aromatic nitrogens is 2. The molecule has 4 rings (SSSR count). The highest BCUT2D eigenvalue weighted by Gasteiger charge is 2.35. The quantitative estimate of drug-likeness (QED) is 0.762. The predicted octanol–water partition coefficient (Wildman–Crippen LogP) is 1.57. The summed E-state index contributed by atoms with van der Waals surface area (Å²) < 4.78 is 1.42. The largest absolute Gasteiger partial charge is 0.336 e. The maximum Gasteiger partial charge on any atom is 0.270 e. The van der Waals surface area contributed by atoms with Gasteiger partial charge in [0.2, 0.25) is 0 Å². The minimum atomic E-state index is -0.347. The van der Waals surface area contributed by atoms with Gasteiger partial charge in [-0.05, 0) is 24.1 Å². The van der Waals surface area contributed by atoms with E-state index in [1.165, 1.54) is 10.6 Å². The number of rotatable bonds is 2. The summed E-state index contributed by atoms with van der Waals surface area (Å²) in [6, 6.07) is 13.4. The van der Waals surface area contributed by atoms with E-state index in [9.17, 15) is 9.59 Å². The lowest BCUT2D eigenvalue weighted by molar-refractivity contribution is 0.0787. The van der Waals surface area contributed by atoms with E-state index in [1.54, 1.807) is 17.2 Å². The third-order valence-electron chi connectivity index (χ3n) is 4.96. The Balaban J connectivity index is 1.65. The Kier molecular flexibility index (Phi) is 4.05. The van der Waals surface area contributed by atoms with Gasteiger partial charge >= 0.3 is 0 Å². The van der Waals surface area contributed by atoms with E-state index in [2.05, 4.69) is 4.98 Å². The molecule has 1 aliphatic heterocycles. The molecule has 132 valence electrons. The third kappa shape index (κ3) is 2.78. The predicted molar refractivity (Wildman–Crippen MR) is 99.3 cm³/mol. The first-order chi connectivity index (χ1) is 12.5. The zero-order valence-corrected chi connectivity index (χ0v) is 14.5. The maximum atomic E-state index is 12.9. The van der Waals surface area contributed by atoms with Crippen LogP contribution >= 0.6 is 0 Å². The molecular formula is C20H20N4O2. The number of nitrogens with two attached hydrogens (primary N) is 1. The van der Waals surface area contributed by atoms with Gasteiger partial charge in [0, 0.05) is 37.4 Å². The van der Waals surface area contributed by atoms with Gasteiger partial charge in [-0.2, -0.15) is 0 Å². The molecule has 0 saturated carbocycles. The van der Waals surface area contributed by atoms with Crippen molar-refractivity contribution in [2.45, 2.75) is 18.9 Å². The summed E-state index contributed by atoms with van der Waals surface area (Å²) in [6.45, 7) is 2.82. The molecule has 3 heterocycles. The number of pyridine rings is 1. The molecule has 0 unspecified atom stereocenters. The molecular weight excluding hydrogens is 328 g/mol. The van der Waals surface area contributed by atoms with Gasteiger partial charge in [-0.15, -0.1) is 0 Å². The Labute approximate surface area is 150 Å². The van der Waals surface area contributed by atoms with Crippen molar-refractivity contribution in [3.8, 4) is 0 Å². The van der Waals surface area contributed by atoms with Crippen LogP contribution in [0.3, 0.4) is 0 Å². The SMILES string of the molecule is Cc1ccc2ncc(C(=O)N3C[C@@H](N)[C@H](c4ccccc4)C3)c(=O)n2c1. The molecule has 0 radical (unpaired) electrons. The first kappa shape index (κ1) is 16.5. The molecule has 0 bridgehead atoms. The van der Waals surface area contributed by atoms with E-state index < -0.39 is 0 Å². The fraction of sp³-hybridized carbons (Fsp3) is 0.250. The summed E-state index contributed by atoms with van der Waals surface area (Å²) in [5.74, 6) is -0.245. The highest BCUT2D eigenvalue weighted by molar-refractivity contribution is 5.94. The topological polar surface area (TPSA) is 80.7 Å². The van der Waals surface area contributed by atoms with Crippen LogP contribution < -0.4 is 11.3 Å². The van der Waals surface area contributed by atoms with Crippen molar-refractivity contribution >= 4 is 11.6 Å². The lowest BCUT2D eigenvalue weighted by Gasteiger charge is -2.16. The highest BCUT2D eigenvalue weighted by atomic mass is 16.2. The fourth-order valence-corrected chi connectivity index (χ4v) is 3.55. The molecule has 1 amide bonds. The van der Waals surface area contributed by atoms with Gasteiger partial charge in [-0.25, -0.2) is 4.98 Å². The summed E-state index contributed by atoms with van der Waals surface area (Å²) >= 11 is 0. The number of carbonyl (C=O) groups excluding carboxylic acids is 1. The minimum Gasteiger partial charge on any atom is -0.336 e. The lowest BCUT2D eigenvalue weighted by Crippen LogP contribution is -2.36. The van der Waals surface area contributed by atoms with E-state index in [1.807, 2.05) is 43.3 Å². The molecule has 2 N–H and O–H groups in total. The summed E-state index contributed by atoms with van der Waals surface area (Å²) in [7, 11) is 0. The standard InChI is InChI=1S/C20H20N4O2/c1-13-7-8-18-22-9-15(20(26)24(18)10-13)19(25)23-11-16(17(21)12-23)14-5-3-2-4-6-14/h2-10,16-17H,11-12,21H2,1H3/t16-,17+/m0/s1. The Morgan fingerprint density at radius 2 is 1.92 bits per heavy atom. The third-order valence-corrected chi connectivity index (χ3v) is 4.96. The van der Waals surface area contributed by atoms with Crippen LogP contribution in [0.2, 0.25) is 0 Å². The van der Waals surface area contributed by atoms with Crippen molar-refractivity contribution in [2.75, 3.05) is 13.1 Å². The van der Waals surface area contributed by atoms with Crippen molar-refractivity contribution in [1.29, 1.82) is 0 Å². The highest BCUT2D eigenvalue weighted by Crippen LogP contribution is 2.27. The first-order valence-corrected chi connectivity index (χ1v) is 8.62. The Bertz CT molecular complexity index is 1030. The van der Waals surface area contributed by atoms with E-state index in [0.29, 0.717) is 18.7 Å². The van der Waals surface area contributed by atoms with Crippen LogP contribution in [0.25, 0.3) is 5.65 Å². The number of hydrogen-bond donors (Lipinski definition) is 1. The zero-order chi connectivity index (χ0) is 18.3. The summed E-state index contributed by atoms with van der Waals surface area (Å²) in [6.07, 6.45) is 3.07. The molecule has 1 aliphatic rings. The van der Waals surface area contributed by atoms with Crippen LogP contribution in [0.15, 0.2) is 59.7 Å². The van der Waals surface area contributed by atoms with Crippen molar-refractivity contribution in [3.63, 3.8) is 0 Å². The van der Waals surface area contributed by atoms with E-state index in [-0.39, 0.29) is 29.0 Å². The summed E-state index contributed by atoms with van der Waals surface area (Å²) in [5.41, 5.74) is 8.57. The number of hydrogen-bond acceptors (Lipinski definition) is 4. The number of fused-ring (bicyclic) bond motifs is 1. The first-order valence-electron chi connectivity index (χ1n) is 8.62. The molecule has 1 aromatic carbocycles. The van der Waals surface area contributed by atoms with Crippen molar-refractivity contribution in [2.24, 2.45) is 5.73 Å². The molecule has 6 nitrogen and oxygen atoms in total. The van der Waals surface area contributed by atoms with Gasteiger partial charge in [0.15, 0.2) is 0 Å². The van der Waals surface area contributed by atoms with E-state index >= 15 is 0 Å². The average molecular weight is 348 g/mol. The van der Waals surface area contributed by atoms with Crippen molar-refractivity contribution < 1.29 is 4.79 Å². The maximum absolute atomic E-state index is 12.9. The number of carbonyl (C=O) groups is 1. The van der Waals surface area contributed by atoms with Gasteiger partial charge in [0.05, 0.1) is 0 Å². The van der Waals surface area contributed by atoms with E-state index in [0.717, 1.165) is 11.1 Å². The molecule has 0 aliphatic carbocycles. The van der Waals surface area contributed by atoms with Gasteiger partial charge in [-0.1, -0.05) is 36.4 Å². The number of likely N-dealkylation sites (tertiary alicyclic amines) is 1. The summed E-state index contributed by atoms with van der Waals surface area (Å²) in [4.78, 5) is 31.6. The lowest BCUT2D eigenvalue weighted by atomic mass is 9.95. The van der Waals surface area contributed by atoms with Crippen LogP contribution in [0.1, 0.15) is 27.4 Å². The second-order valence-electron chi connectivity index (χ2n) is 6.80. The zero-order valence-electron chi connectivity index (χ0n) is 14.5. The molecule has 26 heavy (non-hydrogen) atoms. The monoisotopic (exact) mass is 348 g/mol. The summed E-state index contributed by atoms with van der Waals surface area (Å²) in [5, 5.41) is 0. The molecule has 0 spiro atoms. The Hall–Kier alpha value is -2.99. The number of amides is 1. The van der Waals surface area contributed by atoms with Crippen LogP contribution in [-0.4, -0.2) is 39.3 Å². The Morgan fingerprint density at radius 1 is 1.15 bits per heavy atom. The van der Waals surface area contributed by atoms with Crippen LogP contribution in [-0.2, 0) is 0 Å². The second kappa shape index (κ2) is 6.38. The number of aryl methyl sites for hydroxylation is 1. The number of benzene rings is 1.